The van der Waals surface area contributed by atoms with Crippen molar-refractivity contribution < 1.29 is 19.2 Å². The minimum Gasteiger partial charge on any atom is -0.511 e. The molecule has 1 fully saturated rings. The Hall–Kier alpha value is -3.02. The molecule has 2 unspecified atom stereocenters. The summed E-state index contributed by atoms with van der Waals surface area (Å²) in [4.78, 5) is 30.7. The van der Waals surface area contributed by atoms with E-state index in [1.54, 1.807) is 0 Å². The average molecular weight is 463 g/mol. The van der Waals surface area contributed by atoms with Gasteiger partial charge in [-0.1, -0.05) is 56.3 Å². The predicted molar refractivity (Wildman–Crippen MR) is 132 cm³/mol. The Morgan fingerprint density at radius 3 is 2.62 bits per heavy atom. The average Bonchev–Trinajstić information content (AvgIpc) is 3.20. The molecule has 2 aliphatic carbocycles. The molecule has 0 radical (unpaired) electrons. The second kappa shape index (κ2) is 9.69. The summed E-state index contributed by atoms with van der Waals surface area (Å²) in [7, 11) is 0. The van der Waals surface area contributed by atoms with E-state index in [0.717, 1.165) is 12.0 Å². The number of fused-ring (bicyclic) bond motifs is 1. The Balaban J connectivity index is 1.55. The number of hydrogen-bond donors (Lipinski definition) is 1. The van der Waals surface area contributed by atoms with Crippen LogP contribution in [0, 0.1) is 5.41 Å². The maximum atomic E-state index is 13.0. The maximum absolute atomic E-state index is 13.0. The standard InChI is InChI=1S/C28H34N2O4/c1-5-17(2)29-21-15-28(3,4)16-24(33)26(21)22(31)12-11-20-27-23(32)13-19(14-25(27)34-30-20)18-9-7-6-8-10-18/h6-10,17,19,31H,5,11-16H2,1-4H3/b26-22+,29-21?. The van der Waals surface area contributed by atoms with Gasteiger partial charge in [-0.25, -0.2) is 0 Å². The summed E-state index contributed by atoms with van der Waals surface area (Å²) < 4.78 is 5.56. The molecular weight excluding hydrogens is 428 g/mol. The van der Waals surface area contributed by atoms with Gasteiger partial charge in [0.15, 0.2) is 11.6 Å². The van der Waals surface area contributed by atoms with Crippen LogP contribution < -0.4 is 0 Å². The lowest BCUT2D eigenvalue weighted by Gasteiger charge is -2.32. The lowest BCUT2D eigenvalue weighted by Crippen LogP contribution is -2.33. The third-order valence-corrected chi connectivity index (χ3v) is 6.95. The minimum atomic E-state index is -0.180. The molecule has 4 rings (SSSR count). The summed E-state index contributed by atoms with van der Waals surface area (Å²) in [6.07, 6.45) is 3.50. The van der Waals surface area contributed by atoms with Crippen LogP contribution in [0.2, 0.25) is 0 Å². The van der Waals surface area contributed by atoms with Gasteiger partial charge in [0.05, 0.1) is 16.8 Å². The molecule has 6 heteroatoms. The maximum Gasteiger partial charge on any atom is 0.168 e. The van der Waals surface area contributed by atoms with E-state index in [1.165, 1.54) is 0 Å². The van der Waals surface area contributed by atoms with Crippen molar-refractivity contribution in [2.75, 3.05) is 0 Å². The van der Waals surface area contributed by atoms with Gasteiger partial charge >= 0.3 is 0 Å². The molecule has 2 aliphatic rings. The van der Waals surface area contributed by atoms with Gasteiger partial charge in [0, 0.05) is 43.9 Å². The van der Waals surface area contributed by atoms with Gasteiger partial charge < -0.3 is 9.63 Å². The number of aliphatic imine (C=N–C) groups is 1. The number of hydrogen-bond acceptors (Lipinski definition) is 6. The van der Waals surface area contributed by atoms with Crippen molar-refractivity contribution >= 4 is 17.3 Å². The number of carbonyl (C=O) groups is 2. The molecule has 0 aliphatic heterocycles. The van der Waals surface area contributed by atoms with Gasteiger partial charge in [-0.05, 0) is 36.7 Å². The first-order chi connectivity index (χ1) is 16.2. The zero-order chi connectivity index (χ0) is 24.5. The van der Waals surface area contributed by atoms with E-state index < -0.39 is 0 Å². The van der Waals surface area contributed by atoms with Crippen LogP contribution in [0.25, 0.3) is 0 Å². The Labute approximate surface area is 201 Å². The number of carbonyl (C=O) groups excluding carboxylic acids is 2. The number of aliphatic hydroxyl groups is 1. The summed E-state index contributed by atoms with van der Waals surface area (Å²) in [5.41, 5.74) is 3.09. The van der Waals surface area contributed by atoms with Crippen LogP contribution in [-0.4, -0.2) is 33.6 Å². The van der Waals surface area contributed by atoms with Crippen molar-refractivity contribution in [2.24, 2.45) is 10.4 Å². The fourth-order valence-corrected chi connectivity index (χ4v) is 5.02. The summed E-state index contributed by atoms with van der Waals surface area (Å²) in [5.74, 6) is 0.680. The van der Waals surface area contributed by atoms with Crippen LogP contribution in [-0.2, 0) is 17.6 Å². The molecular formula is C28H34N2O4. The van der Waals surface area contributed by atoms with Gasteiger partial charge in [0.25, 0.3) is 0 Å². The van der Waals surface area contributed by atoms with Crippen molar-refractivity contribution in [2.45, 2.75) is 84.6 Å². The van der Waals surface area contributed by atoms with Crippen molar-refractivity contribution in [1.29, 1.82) is 0 Å². The van der Waals surface area contributed by atoms with Crippen molar-refractivity contribution in [1.82, 2.24) is 5.16 Å². The SMILES string of the molecule is CCC(C)N=C1CC(C)(C)CC(=O)/C1=C(/O)CCc1noc2c1C(=O)CC(c1ccccc1)C2. The third kappa shape index (κ3) is 5.06. The van der Waals surface area contributed by atoms with Crippen LogP contribution in [0.5, 0.6) is 0 Å². The second-order valence-electron chi connectivity index (χ2n) is 10.5. The number of allylic oxidation sites excluding steroid dienone is 2. The van der Waals surface area contributed by atoms with Crippen LogP contribution in [0.15, 0.2) is 51.2 Å². The van der Waals surface area contributed by atoms with Gasteiger partial charge in [-0.2, -0.15) is 0 Å². The second-order valence-corrected chi connectivity index (χ2v) is 10.5. The minimum absolute atomic E-state index is 0.0213. The van der Waals surface area contributed by atoms with Gasteiger partial charge in [0.1, 0.15) is 11.5 Å². The first-order valence-corrected chi connectivity index (χ1v) is 12.3. The van der Waals surface area contributed by atoms with Gasteiger partial charge in [-0.15, -0.1) is 0 Å². The number of Topliss-reactive ketones (excluding diaryl/α,β-unsaturated/α-hetero) is 2. The summed E-state index contributed by atoms with van der Waals surface area (Å²) in [5, 5.41) is 15.1. The van der Waals surface area contributed by atoms with E-state index in [4.69, 9.17) is 9.52 Å². The number of aryl methyl sites for hydroxylation is 1. The van der Waals surface area contributed by atoms with Crippen molar-refractivity contribution in [3.8, 4) is 0 Å². The number of aliphatic hydroxyl groups excluding tert-OH is 1. The summed E-state index contributed by atoms with van der Waals surface area (Å²) >= 11 is 0. The van der Waals surface area contributed by atoms with Crippen LogP contribution in [0.1, 0.15) is 93.1 Å². The Bertz CT molecular complexity index is 1140. The lowest BCUT2D eigenvalue weighted by atomic mass is 9.73. The highest BCUT2D eigenvalue weighted by Gasteiger charge is 2.37. The van der Waals surface area contributed by atoms with E-state index in [9.17, 15) is 14.7 Å². The fourth-order valence-electron chi connectivity index (χ4n) is 5.02. The summed E-state index contributed by atoms with van der Waals surface area (Å²) in [6, 6.07) is 10.1. The van der Waals surface area contributed by atoms with E-state index >= 15 is 0 Å². The normalized spacial score (nSPS) is 23.6. The molecule has 1 saturated carbocycles. The predicted octanol–water partition coefficient (Wildman–Crippen LogP) is 5.96. The van der Waals surface area contributed by atoms with E-state index in [0.29, 0.717) is 60.4 Å². The molecule has 34 heavy (non-hydrogen) atoms. The van der Waals surface area contributed by atoms with E-state index in [-0.39, 0.29) is 41.1 Å². The van der Waals surface area contributed by atoms with Gasteiger partial charge in [-0.3, -0.25) is 14.6 Å². The Morgan fingerprint density at radius 2 is 1.91 bits per heavy atom. The first-order valence-electron chi connectivity index (χ1n) is 12.3. The first kappa shape index (κ1) is 24.1. The fraction of sp³-hybridized carbons (Fsp3) is 0.500. The molecule has 2 atom stereocenters. The molecule has 180 valence electrons. The van der Waals surface area contributed by atoms with E-state index in [2.05, 4.69) is 25.9 Å². The third-order valence-electron chi connectivity index (χ3n) is 6.95. The smallest absolute Gasteiger partial charge is 0.168 e. The lowest BCUT2D eigenvalue weighted by molar-refractivity contribution is -0.117. The highest BCUT2D eigenvalue weighted by atomic mass is 16.5. The molecule has 1 N–H and O–H groups in total. The molecule has 0 bridgehead atoms. The van der Waals surface area contributed by atoms with Crippen LogP contribution in [0.4, 0.5) is 0 Å². The zero-order valence-electron chi connectivity index (χ0n) is 20.6. The molecule has 1 aromatic carbocycles. The zero-order valence-corrected chi connectivity index (χ0v) is 20.6. The highest BCUT2D eigenvalue weighted by molar-refractivity contribution is 6.24. The molecule has 0 amide bonds. The molecule has 0 spiro atoms. The number of rotatable bonds is 6. The monoisotopic (exact) mass is 462 g/mol. The number of ketones is 2. The molecule has 0 saturated heterocycles. The van der Waals surface area contributed by atoms with Gasteiger partial charge in [0.2, 0.25) is 0 Å². The van der Waals surface area contributed by atoms with Crippen molar-refractivity contribution in [3.05, 3.63) is 64.2 Å². The quantitative estimate of drug-likeness (QED) is 0.422. The highest BCUT2D eigenvalue weighted by Crippen LogP contribution is 2.37. The topological polar surface area (TPSA) is 92.8 Å². The summed E-state index contributed by atoms with van der Waals surface area (Å²) in [6.45, 7) is 8.19. The van der Waals surface area contributed by atoms with Crippen molar-refractivity contribution in [3.63, 3.8) is 0 Å². The molecule has 6 nitrogen and oxygen atoms in total. The molecule has 1 heterocycles. The molecule has 1 aromatic heterocycles. The number of aromatic nitrogens is 1. The largest absolute Gasteiger partial charge is 0.511 e. The van der Waals surface area contributed by atoms with Crippen LogP contribution >= 0.6 is 0 Å². The molecule has 2 aromatic rings. The number of benzene rings is 1. The Kier molecular flexibility index (Phi) is 6.87. The number of nitrogens with zero attached hydrogens (tertiary/aromatic N) is 2. The Morgan fingerprint density at radius 1 is 1.18 bits per heavy atom. The van der Waals surface area contributed by atoms with E-state index in [1.807, 2.05) is 37.3 Å². The van der Waals surface area contributed by atoms with Crippen LogP contribution in [0.3, 0.4) is 0 Å².